The number of ether oxygens (including phenoxy) is 1. The first kappa shape index (κ1) is 12.9. The van der Waals surface area contributed by atoms with Gasteiger partial charge in [0.25, 0.3) is 0 Å². The number of nitrogens with zero attached hydrogens (tertiary/aromatic N) is 2. The van der Waals surface area contributed by atoms with E-state index in [1.54, 1.807) is 13.2 Å². The van der Waals surface area contributed by atoms with Gasteiger partial charge in [-0.05, 0) is 18.6 Å². The van der Waals surface area contributed by atoms with Crippen LogP contribution in [0.15, 0.2) is 29.1 Å². The molecule has 1 aromatic carbocycles. The van der Waals surface area contributed by atoms with Gasteiger partial charge in [0, 0.05) is 12.6 Å². The van der Waals surface area contributed by atoms with E-state index in [9.17, 15) is 9.90 Å². The molecule has 0 amide bonds. The van der Waals surface area contributed by atoms with Crippen LogP contribution in [0.1, 0.15) is 18.3 Å². The molecule has 3 rings (SSSR count). The fraction of sp³-hybridized carbons (Fsp3) is 0.385. The summed E-state index contributed by atoms with van der Waals surface area (Å²) in [6, 6.07) is 7.07. The Kier molecular flexibility index (Phi) is 3.29. The molecule has 1 fully saturated rings. The fourth-order valence-electron chi connectivity index (χ4n) is 2.46. The molecule has 0 saturated carbocycles. The van der Waals surface area contributed by atoms with Gasteiger partial charge in [0.05, 0.1) is 24.9 Å². The van der Waals surface area contributed by atoms with Gasteiger partial charge in [-0.3, -0.25) is 0 Å². The number of methoxy groups -OCH3 is 1. The highest BCUT2D eigenvalue weighted by atomic mass is 16.5. The van der Waals surface area contributed by atoms with E-state index < -0.39 is 6.10 Å². The maximum atomic E-state index is 12.0. The molecular formula is C13H16N4O3. The molecule has 1 aliphatic heterocycles. The third-order valence-electron chi connectivity index (χ3n) is 3.43. The normalized spacial score (nSPS) is 22.1. The first-order valence-electron chi connectivity index (χ1n) is 6.42. The molecule has 2 aromatic rings. The molecule has 1 aromatic heterocycles. The quantitative estimate of drug-likeness (QED) is 0.732. The topological polar surface area (TPSA) is 92.2 Å². The number of aliphatic hydroxyl groups is 1. The van der Waals surface area contributed by atoms with Crippen LogP contribution in [-0.2, 0) is 0 Å². The van der Waals surface area contributed by atoms with Crippen molar-refractivity contribution in [3.05, 3.63) is 40.6 Å². The van der Waals surface area contributed by atoms with Crippen LogP contribution in [0.5, 0.6) is 5.75 Å². The van der Waals surface area contributed by atoms with Crippen molar-refractivity contribution in [3.63, 3.8) is 0 Å². The van der Waals surface area contributed by atoms with Gasteiger partial charge in [-0.15, -0.1) is 0 Å². The molecule has 2 heterocycles. The average Bonchev–Trinajstić information content (AvgIpc) is 3.05. The van der Waals surface area contributed by atoms with Gasteiger partial charge in [0.1, 0.15) is 5.75 Å². The number of benzene rings is 1. The second kappa shape index (κ2) is 5.10. The number of aromatic nitrogens is 3. The van der Waals surface area contributed by atoms with Crippen molar-refractivity contribution in [1.82, 2.24) is 20.1 Å². The third-order valence-corrected chi connectivity index (χ3v) is 3.43. The lowest BCUT2D eigenvalue weighted by atomic mass is 10.2. The summed E-state index contributed by atoms with van der Waals surface area (Å²) < 4.78 is 6.67. The lowest BCUT2D eigenvalue weighted by Crippen LogP contribution is -2.22. The van der Waals surface area contributed by atoms with E-state index in [1.165, 1.54) is 4.57 Å². The zero-order chi connectivity index (χ0) is 14.1. The molecule has 0 unspecified atom stereocenters. The van der Waals surface area contributed by atoms with Crippen LogP contribution in [0.3, 0.4) is 0 Å². The van der Waals surface area contributed by atoms with Crippen LogP contribution < -0.4 is 15.7 Å². The monoisotopic (exact) mass is 276 g/mol. The van der Waals surface area contributed by atoms with Crippen LogP contribution in [0.2, 0.25) is 0 Å². The summed E-state index contributed by atoms with van der Waals surface area (Å²) in [5.74, 6) is 1.24. The number of H-pyrrole nitrogens is 1. The lowest BCUT2D eigenvalue weighted by Gasteiger charge is -2.12. The Morgan fingerprint density at radius 2 is 2.35 bits per heavy atom. The van der Waals surface area contributed by atoms with Crippen molar-refractivity contribution >= 4 is 0 Å². The first-order valence-corrected chi connectivity index (χ1v) is 6.42. The minimum Gasteiger partial charge on any atom is -0.497 e. The molecule has 1 aliphatic rings. The average molecular weight is 276 g/mol. The third kappa shape index (κ3) is 2.21. The molecule has 0 spiro atoms. The summed E-state index contributed by atoms with van der Waals surface area (Å²) in [5.41, 5.74) is 0.373. The van der Waals surface area contributed by atoms with E-state index in [0.717, 1.165) is 0 Å². The predicted octanol–water partition coefficient (Wildman–Crippen LogP) is -0.0355. The summed E-state index contributed by atoms with van der Waals surface area (Å²) in [6.45, 7) is 0.504. The maximum absolute atomic E-state index is 12.0. The van der Waals surface area contributed by atoms with Crippen molar-refractivity contribution < 1.29 is 9.84 Å². The molecule has 7 nitrogen and oxygen atoms in total. The molecule has 3 N–H and O–H groups in total. The number of aromatic amines is 1. The van der Waals surface area contributed by atoms with Crippen LogP contribution >= 0.6 is 0 Å². The maximum Gasteiger partial charge on any atom is 0.347 e. The zero-order valence-corrected chi connectivity index (χ0v) is 11.0. The summed E-state index contributed by atoms with van der Waals surface area (Å²) >= 11 is 0. The van der Waals surface area contributed by atoms with Gasteiger partial charge in [0.2, 0.25) is 0 Å². The number of hydrogen-bond donors (Lipinski definition) is 3. The molecule has 0 radical (unpaired) electrons. The van der Waals surface area contributed by atoms with Gasteiger partial charge in [-0.1, -0.05) is 6.07 Å². The van der Waals surface area contributed by atoms with E-state index in [1.807, 2.05) is 18.2 Å². The number of β-amino-alcohol motifs (C(OH)–C–C–N with tert-alkyl or cyclic N) is 1. The predicted molar refractivity (Wildman–Crippen MR) is 72.1 cm³/mol. The largest absolute Gasteiger partial charge is 0.497 e. The van der Waals surface area contributed by atoms with Crippen molar-refractivity contribution in [2.24, 2.45) is 0 Å². The van der Waals surface area contributed by atoms with E-state index in [4.69, 9.17) is 4.74 Å². The number of rotatable bonds is 3. The van der Waals surface area contributed by atoms with Crippen LogP contribution in [0.4, 0.5) is 0 Å². The van der Waals surface area contributed by atoms with Crippen molar-refractivity contribution in [2.75, 3.05) is 13.7 Å². The second-order valence-electron chi connectivity index (χ2n) is 4.77. The first-order chi connectivity index (χ1) is 9.69. The van der Waals surface area contributed by atoms with Gasteiger partial charge < -0.3 is 15.2 Å². The highest BCUT2D eigenvalue weighted by Gasteiger charge is 2.28. The van der Waals surface area contributed by atoms with Gasteiger partial charge in [-0.25, -0.2) is 14.5 Å². The van der Waals surface area contributed by atoms with Gasteiger partial charge >= 0.3 is 5.69 Å². The lowest BCUT2D eigenvalue weighted by molar-refractivity contribution is 0.193. The van der Waals surface area contributed by atoms with Crippen molar-refractivity contribution in [3.8, 4) is 11.4 Å². The Hall–Kier alpha value is -2.12. The number of nitrogens with one attached hydrogen (secondary N) is 2. The zero-order valence-electron chi connectivity index (χ0n) is 11.0. The van der Waals surface area contributed by atoms with Crippen LogP contribution in [0.25, 0.3) is 5.69 Å². The molecule has 0 aliphatic carbocycles. The van der Waals surface area contributed by atoms with Crippen molar-refractivity contribution in [1.29, 1.82) is 0 Å². The van der Waals surface area contributed by atoms with E-state index >= 15 is 0 Å². The summed E-state index contributed by atoms with van der Waals surface area (Å²) in [6.07, 6.45) is 0.124. The molecule has 20 heavy (non-hydrogen) atoms. The highest BCUT2D eigenvalue weighted by Crippen LogP contribution is 2.23. The molecule has 7 heteroatoms. The van der Waals surface area contributed by atoms with Crippen molar-refractivity contribution in [2.45, 2.75) is 18.6 Å². The fourth-order valence-corrected chi connectivity index (χ4v) is 2.46. The Morgan fingerprint density at radius 3 is 3.05 bits per heavy atom. The van der Waals surface area contributed by atoms with Gasteiger partial charge in [0.15, 0.2) is 5.82 Å². The minimum atomic E-state index is -0.412. The molecular weight excluding hydrogens is 260 g/mol. The smallest absolute Gasteiger partial charge is 0.347 e. The number of hydrogen-bond acceptors (Lipinski definition) is 5. The Morgan fingerprint density at radius 1 is 1.50 bits per heavy atom. The summed E-state index contributed by atoms with van der Waals surface area (Å²) in [7, 11) is 1.58. The van der Waals surface area contributed by atoms with Crippen LogP contribution in [0, 0.1) is 0 Å². The van der Waals surface area contributed by atoms with E-state index in [-0.39, 0.29) is 11.7 Å². The Balaban J connectivity index is 2.04. The van der Waals surface area contributed by atoms with E-state index in [2.05, 4.69) is 15.5 Å². The molecule has 2 atom stereocenters. The highest BCUT2D eigenvalue weighted by molar-refractivity contribution is 5.40. The second-order valence-corrected chi connectivity index (χ2v) is 4.77. The molecule has 106 valence electrons. The standard InChI is InChI=1S/C13H16N4O3/c1-20-10-4-2-3-8(5-10)17-12(15-16-13(17)19)11-6-9(18)7-14-11/h2-5,9,11,14,18H,6-7H2,1H3,(H,16,19)/t9-,11+/m1/s1. The summed E-state index contributed by atoms with van der Waals surface area (Å²) in [5, 5.41) is 19.3. The number of aliphatic hydroxyl groups excluding tert-OH is 1. The Labute approximate surface area is 115 Å². The Bertz CT molecular complexity index is 664. The van der Waals surface area contributed by atoms with Gasteiger partial charge in [-0.2, -0.15) is 5.10 Å². The van der Waals surface area contributed by atoms with E-state index in [0.29, 0.717) is 30.2 Å². The molecule has 1 saturated heterocycles. The van der Waals surface area contributed by atoms with Crippen LogP contribution in [-0.4, -0.2) is 39.6 Å². The summed E-state index contributed by atoms with van der Waals surface area (Å²) in [4.78, 5) is 12.0. The molecule has 0 bridgehead atoms. The SMILES string of the molecule is COc1cccc(-n2c([C@@H]3C[C@@H](O)CN3)n[nH]c2=O)c1. The minimum absolute atomic E-state index is 0.143.